The number of ether oxygens (including phenoxy) is 2. The van der Waals surface area contributed by atoms with Crippen molar-refractivity contribution in [3.05, 3.63) is 93.5 Å². The molecule has 0 aliphatic heterocycles. The van der Waals surface area contributed by atoms with Crippen LogP contribution in [0.25, 0.3) is 22.0 Å². The largest absolute Gasteiger partial charge is 0.497 e. The van der Waals surface area contributed by atoms with E-state index in [0.29, 0.717) is 23.0 Å². The third-order valence-corrected chi connectivity index (χ3v) is 8.39. The summed E-state index contributed by atoms with van der Waals surface area (Å²) in [5.41, 5.74) is 7.81. The van der Waals surface area contributed by atoms with Crippen LogP contribution < -0.4 is 14.8 Å². The molecule has 5 rings (SSSR count). The van der Waals surface area contributed by atoms with Crippen LogP contribution >= 0.6 is 11.6 Å². The van der Waals surface area contributed by atoms with Crippen LogP contribution in [0, 0.1) is 20.8 Å². The topological polar surface area (TPSA) is 94.4 Å². The predicted molar refractivity (Wildman–Crippen MR) is 175 cm³/mol. The molecule has 0 saturated heterocycles. The van der Waals surface area contributed by atoms with Crippen molar-refractivity contribution in [3.8, 4) is 22.6 Å². The van der Waals surface area contributed by atoms with Gasteiger partial charge in [-0.25, -0.2) is 4.98 Å². The average Bonchev–Trinajstić information content (AvgIpc) is 3.37. The number of anilines is 1. The number of methoxy groups -OCH3 is 2. The van der Waals surface area contributed by atoms with Gasteiger partial charge in [0.1, 0.15) is 23.0 Å². The standard InChI is InChI=1S/C34H37ClN6O3/c1-19-15-25(43-7)11-9-23(19)17-38-33-31-21(3)39-41(29(31)13-14-36-33)22(4)26-16-27(35)20(2)30(32(26)44-8)24-10-12-28(37-18-24)34(42)40(5)6/h9-16,18,22H,17H2,1-8H3,(H,36,38). The van der Waals surface area contributed by atoms with Crippen molar-refractivity contribution in [3.63, 3.8) is 0 Å². The maximum atomic E-state index is 12.4. The van der Waals surface area contributed by atoms with Crippen LogP contribution in [0.15, 0.2) is 54.9 Å². The molecule has 0 aliphatic carbocycles. The lowest BCUT2D eigenvalue weighted by Gasteiger charge is -2.22. The molecule has 3 heterocycles. The fourth-order valence-electron chi connectivity index (χ4n) is 5.52. The van der Waals surface area contributed by atoms with Gasteiger partial charge < -0.3 is 19.7 Å². The highest BCUT2D eigenvalue weighted by atomic mass is 35.5. The number of fused-ring (bicyclic) bond motifs is 1. The monoisotopic (exact) mass is 612 g/mol. The number of pyridine rings is 2. The molecule has 0 fully saturated rings. The van der Waals surface area contributed by atoms with Crippen molar-refractivity contribution in [2.75, 3.05) is 33.6 Å². The number of aromatic nitrogens is 4. The highest BCUT2D eigenvalue weighted by Crippen LogP contribution is 2.43. The average molecular weight is 613 g/mol. The van der Waals surface area contributed by atoms with E-state index in [0.717, 1.165) is 61.5 Å². The van der Waals surface area contributed by atoms with Gasteiger partial charge in [0.05, 0.1) is 36.9 Å². The first-order valence-corrected chi connectivity index (χ1v) is 14.7. The van der Waals surface area contributed by atoms with E-state index >= 15 is 0 Å². The van der Waals surface area contributed by atoms with E-state index in [1.54, 1.807) is 46.8 Å². The van der Waals surface area contributed by atoms with Gasteiger partial charge in [-0.1, -0.05) is 23.7 Å². The normalized spacial score (nSPS) is 11.8. The smallest absolute Gasteiger partial charge is 0.271 e. The van der Waals surface area contributed by atoms with E-state index in [4.69, 9.17) is 26.2 Å². The van der Waals surface area contributed by atoms with Crippen molar-refractivity contribution < 1.29 is 14.3 Å². The van der Waals surface area contributed by atoms with Crippen LogP contribution in [0.5, 0.6) is 11.5 Å². The molecule has 2 aromatic carbocycles. The Labute approximate surface area is 262 Å². The second-order valence-electron chi connectivity index (χ2n) is 11.0. The Hall–Kier alpha value is -4.63. The number of amides is 1. The number of benzene rings is 2. The maximum Gasteiger partial charge on any atom is 0.271 e. The van der Waals surface area contributed by atoms with Gasteiger partial charge in [-0.3, -0.25) is 14.5 Å². The molecule has 1 amide bonds. The molecule has 1 N–H and O–H groups in total. The highest BCUT2D eigenvalue weighted by Gasteiger charge is 2.25. The van der Waals surface area contributed by atoms with Crippen LogP contribution in [-0.2, 0) is 6.54 Å². The zero-order chi connectivity index (χ0) is 31.7. The second-order valence-corrected chi connectivity index (χ2v) is 11.4. The SMILES string of the molecule is COc1ccc(CNc2nccc3c2c(C)nn3C(C)c2cc(Cl)c(C)c(-c3ccc(C(=O)N(C)C)nc3)c2OC)c(C)c1. The zero-order valence-electron chi connectivity index (χ0n) is 26.3. The summed E-state index contributed by atoms with van der Waals surface area (Å²) in [5.74, 6) is 2.11. The molecule has 9 nitrogen and oxygen atoms in total. The molecule has 228 valence electrons. The van der Waals surface area contributed by atoms with Crippen LogP contribution in [0.3, 0.4) is 0 Å². The van der Waals surface area contributed by atoms with E-state index < -0.39 is 0 Å². The summed E-state index contributed by atoms with van der Waals surface area (Å²) in [6, 6.07) is 13.3. The van der Waals surface area contributed by atoms with E-state index in [9.17, 15) is 4.79 Å². The first-order chi connectivity index (χ1) is 21.0. The lowest BCUT2D eigenvalue weighted by atomic mass is 9.94. The Kier molecular flexibility index (Phi) is 8.78. The second kappa shape index (κ2) is 12.5. The molecule has 44 heavy (non-hydrogen) atoms. The van der Waals surface area contributed by atoms with E-state index in [1.807, 2.05) is 48.9 Å². The minimum atomic E-state index is -0.236. The van der Waals surface area contributed by atoms with Gasteiger partial charge in [-0.05, 0) is 74.7 Å². The molecule has 1 atom stereocenters. The van der Waals surface area contributed by atoms with Gasteiger partial charge in [0.15, 0.2) is 0 Å². The summed E-state index contributed by atoms with van der Waals surface area (Å²) in [6.07, 6.45) is 3.48. The van der Waals surface area contributed by atoms with Gasteiger partial charge in [-0.2, -0.15) is 5.10 Å². The zero-order valence-corrected chi connectivity index (χ0v) is 27.1. The van der Waals surface area contributed by atoms with Crippen molar-refractivity contribution in [1.29, 1.82) is 0 Å². The fraction of sp³-hybridized carbons (Fsp3) is 0.294. The van der Waals surface area contributed by atoms with Gasteiger partial charge in [0.2, 0.25) is 0 Å². The number of rotatable bonds is 9. The number of hydrogen-bond acceptors (Lipinski definition) is 7. The number of halogens is 1. The van der Waals surface area contributed by atoms with Crippen LogP contribution in [0.1, 0.15) is 51.4 Å². The van der Waals surface area contributed by atoms with Gasteiger partial charge >= 0.3 is 0 Å². The summed E-state index contributed by atoms with van der Waals surface area (Å²) >= 11 is 6.84. The third kappa shape index (κ3) is 5.67. The summed E-state index contributed by atoms with van der Waals surface area (Å²) in [7, 11) is 6.73. The Morgan fingerprint density at radius 2 is 1.82 bits per heavy atom. The summed E-state index contributed by atoms with van der Waals surface area (Å²) in [5, 5.41) is 10.0. The molecular weight excluding hydrogens is 576 g/mol. The molecule has 5 aromatic rings. The number of aryl methyl sites for hydroxylation is 2. The number of nitrogens with one attached hydrogen (secondary N) is 1. The van der Waals surface area contributed by atoms with Crippen LogP contribution in [-0.4, -0.2) is 58.9 Å². The number of carbonyl (C=O) groups is 1. The van der Waals surface area contributed by atoms with Crippen LogP contribution in [0.2, 0.25) is 5.02 Å². The number of carbonyl (C=O) groups excluding carboxylic acids is 1. The summed E-state index contributed by atoms with van der Waals surface area (Å²) in [4.78, 5) is 23.0. The van der Waals surface area contributed by atoms with Crippen LogP contribution in [0.4, 0.5) is 5.82 Å². The Bertz CT molecular complexity index is 1850. The Morgan fingerprint density at radius 1 is 1.05 bits per heavy atom. The van der Waals surface area contributed by atoms with Crippen molar-refractivity contribution in [2.24, 2.45) is 0 Å². The predicted octanol–water partition coefficient (Wildman–Crippen LogP) is 7.01. The fourth-order valence-corrected chi connectivity index (χ4v) is 5.73. The van der Waals surface area contributed by atoms with Crippen molar-refractivity contribution in [2.45, 2.75) is 40.3 Å². The van der Waals surface area contributed by atoms with E-state index in [2.05, 4.69) is 35.2 Å². The molecule has 3 aromatic heterocycles. The molecule has 0 aliphatic rings. The minimum Gasteiger partial charge on any atom is -0.497 e. The Balaban J connectivity index is 1.54. The maximum absolute atomic E-state index is 12.4. The first-order valence-electron chi connectivity index (χ1n) is 14.3. The van der Waals surface area contributed by atoms with E-state index in [1.165, 1.54) is 4.90 Å². The number of hydrogen-bond donors (Lipinski definition) is 1. The quantitative estimate of drug-likeness (QED) is 0.191. The molecule has 0 bridgehead atoms. The molecule has 0 saturated carbocycles. The Morgan fingerprint density at radius 3 is 2.45 bits per heavy atom. The van der Waals surface area contributed by atoms with E-state index in [-0.39, 0.29) is 11.9 Å². The summed E-state index contributed by atoms with van der Waals surface area (Å²) in [6.45, 7) is 8.70. The minimum absolute atomic E-state index is 0.163. The van der Waals surface area contributed by atoms with Crippen molar-refractivity contribution in [1.82, 2.24) is 24.6 Å². The van der Waals surface area contributed by atoms with Gasteiger partial charge in [0, 0.05) is 54.7 Å². The molecular formula is C34H37ClN6O3. The number of nitrogens with zero attached hydrogens (tertiary/aromatic N) is 5. The lowest BCUT2D eigenvalue weighted by Crippen LogP contribution is -2.22. The molecule has 0 radical (unpaired) electrons. The van der Waals surface area contributed by atoms with Gasteiger partial charge in [0.25, 0.3) is 5.91 Å². The third-order valence-electron chi connectivity index (χ3n) is 7.99. The first kappa shape index (κ1) is 30.8. The van der Waals surface area contributed by atoms with Gasteiger partial charge in [-0.15, -0.1) is 0 Å². The lowest BCUT2D eigenvalue weighted by molar-refractivity contribution is 0.0822. The molecule has 0 spiro atoms. The highest BCUT2D eigenvalue weighted by molar-refractivity contribution is 6.32. The molecule has 1 unspecified atom stereocenters. The summed E-state index contributed by atoms with van der Waals surface area (Å²) < 4.78 is 13.4. The van der Waals surface area contributed by atoms with Crippen molar-refractivity contribution >= 4 is 34.2 Å². The molecule has 10 heteroatoms.